The highest BCUT2D eigenvalue weighted by Crippen LogP contribution is 2.33. The molecule has 1 atom stereocenters. The van der Waals surface area contributed by atoms with Crippen LogP contribution in [0.3, 0.4) is 0 Å². The average Bonchev–Trinajstić information content (AvgIpc) is 3.03. The monoisotopic (exact) mass is 253 g/mol. The van der Waals surface area contributed by atoms with Crippen LogP contribution in [0.25, 0.3) is 0 Å². The molecule has 1 amide bonds. The van der Waals surface area contributed by atoms with Crippen LogP contribution in [0.2, 0.25) is 0 Å². The van der Waals surface area contributed by atoms with Crippen LogP contribution in [-0.2, 0) is 11.2 Å². The van der Waals surface area contributed by atoms with Gasteiger partial charge in [-0.25, -0.2) is 0 Å². The Morgan fingerprint density at radius 3 is 2.88 bits per heavy atom. The van der Waals surface area contributed by atoms with Gasteiger partial charge >= 0.3 is 0 Å². The Bertz CT molecular complexity index is 385. The summed E-state index contributed by atoms with van der Waals surface area (Å²) in [5.41, 5.74) is 0. The van der Waals surface area contributed by atoms with E-state index in [0.717, 1.165) is 4.88 Å². The summed E-state index contributed by atoms with van der Waals surface area (Å²) < 4.78 is 0. The highest BCUT2D eigenvalue weighted by Gasteiger charge is 2.31. The predicted octanol–water partition coefficient (Wildman–Crippen LogP) is 1.88. The number of carbonyl (C=O) groups excluding carboxylic acids is 1. The van der Waals surface area contributed by atoms with E-state index in [0.29, 0.717) is 18.8 Å². The normalized spacial score (nSPS) is 16.8. The van der Waals surface area contributed by atoms with Crippen molar-refractivity contribution in [2.75, 3.05) is 6.61 Å². The number of aliphatic hydroxyl groups excluding tert-OH is 1. The molecule has 94 valence electrons. The van der Waals surface area contributed by atoms with Crippen molar-refractivity contribution >= 4 is 17.2 Å². The van der Waals surface area contributed by atoms with E-state index in [9.17, 15) is 4.79 Å². The fraction of sp³-hybridized carbons (Fsp3) is 0.615. The van der Waals surface area contributed by atoms with E-state index in [2.05, 4.69) is 5.32 Å². The largest absolute Gasteiger partial charge is 0.396 e. The van der Waals surface area contributed by atoms with E-state index in [4.69, 9.17) is 5.11 Å². The van der Waals surface area contributed by atoms with Crippen LogP contribution >= 0.6 is 11.3 Å². The van der Waals surface area contributed by atoms with Gasteiger partial charge in [0.1, 0.15) is 0 Å². The lowest BCUT2D eigenvalue weighted by Crippen LogP contribution is -2.37. The van der Waals surface area contributed by atoms with Crippen LogP contribution in [-0.4, -0.2) is 23.7 Å². The fourth-order valence-electron chi connectivity index (χ4n) is 2.06. The molecule has 1 aliphatic carbocycles. The predicted molar refractivity (Wildman–Crippen MR) is 69.1 cm³/mol. The molecular weight excluding hydrogens is 234 g/mol. The molecular formula is C13H19NO2S. The first-order valence-electron chi connectivity index (χ1n) is 6.14. The van der Waals surface area contributed by atoms with Gasteiger partial charge in [-0.05, 0) is 44.2 Å². The average molecular weight is 253 g/mol. The zero-order chi connectivity index (χ0) is 12.3. The minimum absolute atomic E-state index is 0.0807. The topological polar surface area (TPSA) is 49.3 Å². The molecule has 1 aliphatic rings. The summed E-state index contributed by atoms with van der Waals surface area (Å²) in [5.74, 6) is 0.674. The molecule has 0 aromatic carbocycles. The van der Waals surface area contributed by atoms with E-state index < -0.39 is 0 Å². The van der Waals surface area contributed by atoms with Crippen LogP contribution < -0.4 is 5.32 Å². The molecule has 1 heterocycles. The number of rotatable bonds is 6. The molecule has 0 saturated heterocycles. The summed E-state index contributed by atoms with van der Waals surface area (Å²) in [6, 6.07) is 4.23. The number of carbonyl (C=O) groups is 1. The standard InChI is InChI=1S/C13H19NO2S/c1-9-2-5-11(17-9)8-13(16)14-12(6-7-15)10-3-4-10/h2,5,10,12,15H,3-4,6-8H2,1H3,(H,14,16). The fourth-order valence-corrected chi connectivity index (χ4v) is 2.95. The van der Waals surface area contributed by atoms with E-state index in [1.165, 1.54) is 17.7 Å². The Kier molecular flexibility index (Phi) is 4.18. The summed E-state index contributed by atoms with van der Waals surface area (Å²) in [6.45, 7) is 2.20. The third-order valence-electron chi connectivity index (χ3n) is 3.11. The lowest BCUT2D eigenvalue weighted by atomic mass is 10.1. The lowest BCUT2D eigenvalue weighted by Gasteiger charge is -2.16. The van der Waals surface area contributed by atoms with Gasteiger partial charge < -0.3 is 10.4 Å². The van der Waals surface area contributed by atoms with E-state index in [1.54, 1.807) is 11.3 Å². The van der Waals surface area contributed by atoms with Crippen molar-refractivity contribution in [2.45, 2.75) is 38.6 Å². The molecule has 3 nitrogen and oxygen atoms in total. The molecule has 1 aromatic rings. The SMILES string of the molecule is Cc1ccc(CC(=O)NC(CCO)C2CC2)s1. The van der Waals surface area contributed by atoms with Crippen molar-refractivity contribution in [3.05, 3.63) is 21.9 Å². The summed E-state index contributed by atoms with van der Waals surface area (Å²) in [7, 11) is 0. The zero-order valence-corrected chi connectivity index (χ0v) is 10.9. The Hall–Kier alpha value is -0.870. The van der Waals surface area contributed by atoms with Gasteiger partial charge in [-0.15, -0.1) is 11.3 Å². The van der Waals surface area contributed by atoms with E-state index in [1.807, 2.05) is 19.1 Å². The van der Waals surface area contributed by atoms with Crippen molar-refractivity contribution in [3.63, 3.8) is 0 Å². The Morgan fingerprint density at radius 2 is 2.35 bits per heavy atom. The molecule has 4 heteroatoms. The number of nitrogens with one attached hydrogen (secondary N) is 1. The first-order valence-corrected chi connectivity index (χ1v) is 6.96. The number of aryl methyl sites for hydroxylation is 1. The van der Waals surface area contributed by atoms with E-state index >= 15 is 0 Å². The Morgan fingerprint density at radius 1 is 1.59 bits per heavy atom. The van der Waals surface area contributed by atoms with Gasteiger partial charge in [-0.1, -0.05) is 0 Å². The smallest absolute Gasteiger partial charge is 0.225 e. The summed E-state index contributed by atoms with van der Waals surface area (Å²) in [5, 5.41) is 12.0. The van der Waals surface area contributed by atoms with Gasteiger partial charge in [-0.2, -0.15) is 0 Å². The molecule has 1 unspecified atom stereocenters. The molecule has 2 rings (SSSR count). The second-order valence-electron chi connectivity index (χ2n) is 4.71. The van der Waals surface area contributed by atoms with Gasteiger partial charge in [0.2, 0.25) is 5.91 Å². The first kappa shape index (κ1) is 12.6. The zero-order valence-electron chi connectivity index (χ0n) is 10.1. The number of thiophene rings is 1. The van der Waals surface area contributed by atoms with Gasteiger partial charge in [0, 0.05) is 22.4 Å². The van der Waals surface area contributed by atoms with Crippen LogP contribution in [0, 0.1) is 12.8 Å². The Labute approximate surface area is 106 Å². The molecule has 2 N–H and O–H groups in total. The minimum atomic E-state index is 0.0807. The second kappa shape index (κ2) is 5.65. The maximum Gasteiger partial charge on any atom is 0.225 e. The third-order valence-corrected chi connectivity index (χ3v) is 4.11. The summed E-state index contributed by atoms with van der Waals surface area (Å²) in [4.78, 5) is 14.2. The molecule has 1 aromatic heterocycles. The highest BCUT2D eigenvalue weighted by molar-refractivity contribution is 7.12. The summed E-state index contributed by atoms with van der Waals surface area (Å²) in [6.07, 6.45) is 3.51. The number of amides is 1. The molecule has 0 radical (unpaired) electrons. The van der Waals surface area contributed by atoms with Crippen LogP contribution in [0.5, 0.6) is 0 Å². The molecule has 0 aliphatic heterocycles. The van der Waals surface area contributed by atoms with Crippen molar-refractivity contribution in [1.82, 2.24) is 5.32 Å². The maximum absolute atomic E-state index is 11.9. The van der Waals surface area contributed by atoms with Crippen molar-refractivity contribution < 1.29 is 9.90 Å². The number of hydrogen-bond donors (Lipinski definition) is 2. The highest BCUT2D eigenvalue weighted by atomic mass is 32.1. The van der Waals surface area contributed by atoms with Gasteiger partial charge in [0.05, 0.1) is 6.42 Å². The quantitative estimate of drug-likeness (QED) is 0.813. The van der Waals surface area contributed by atoms with Gasteiger partial charge in [0.25, 0.3) is 0 Å². The van der Waals surface area contributed by atoms with Crippen molar-refractivity contribution in [3.8, 4) is 0 Å². The van der Waals surface area contributed by atoms with Crippen molar-refractivity contribution in [2.24, 2.45) is 5.92 Å². The number of aliphatic hydroxyl groups is 1. The van der Waals surface area contributed by atoms with Crippen LogP contribution in [0.4, 0.5) is 0 Å². The maximum atomic E-state index is 11.9. The molecule has 1 saturated carbocycles. The minimum Gasteiger partial charge on any atom is -0.396 e. The van der Waals surface area contributed by atoms with Crippen molar-refractivity contribution in [1.29, 1.82) is 0 Å². The van der Waals surface area contributed by atoms with Crippen LogP contribution in [0.1, 0.15) is 29.0 Å². The molecule has 17 heavy (non-hydrogen) atoms. The first-order chi connectivity index (χ1) is 8.19. The third kappa shape index (κ3) is 3.82. The lowest BCUT2D eigenvalue weighted by molar-refractivity contribution is -0.121. The Balaban J connectivity index is 1.83. The molecule has 0 bridgehead atoms. The second-order valence-corrected chi connectivity index (χ2v) is 6.09. The number of hydrogen-bond acceptors (Lipinski definition) is 3. The van der Waals surface area contributed by atoms with Gasteiger partial charge in [-0.3, -0.25) is 4.79 Å². The molecule has 0 spiro atoms. The molecule has 1 fully saturated rings. The summed E-state index contributed by atoms with van der Waals surface area (Å²) >= 11 is 1.67. The van der Waals surface area contributed by atoms with Crippen LogP contribution in [0.15, 0.2) is 12.1 Å². The van der Waals surface area contributed by atoms with Gasteiger partial charge in [0.15, 0.2) is 0 Å². The van der Waals surface area contributed by atoms with E-state index in [-0.39, 0.29) is 18.6 Å².